The minimum atomic E-state index is -3.59. The van der Waals surface area contributed by atoms with Crippen LogP contribution in [-0.2, 0) is 10.0 Å². The van der Waals surface area contributed by atoms with Crippen LogP contribution in [0, 0.1) is 0 Å². The van der Waals surface area contributed by atoms with Crippen LogP contribution in [0.15, 0.2) is 23.1 Å². The zero-order chi connectivity index (χ0) is 14.0. The molecule has 0 aliphatic carbocycles. The second-order valence-corrected chi connectivity index (χ2v) is 6.48. The van der Waals surface area contributed by atoms with Crippen molar-refractivity contribution in [3.63, 3.8) is 0 Å². The third kappa shape index (κ3) is 3.86. The third-order valence-corrected chi connectivity index (χ3v) is 3.73. The molecule has 1 aromatic carbocycles. The van der Waals surface area contributed by atoms with Crippen molar-refractivity contribution in [3.05, 3.63) is 18.2 Å². The third-order valence-electron chi connectivity index (χ3n) is 2.28. The van der Waals surface area contributed by atoms with Gasteiger partial charge in [-0.15, -0.1) is 0 Å². The summed E-state index contributed by atoms with van der Waals surface area (Å²) >= 11 is 0. The largest absolute Gasteiger partial charge is 0.399 e. The van der Waals surface area contributed by atoms with Gasteiger partial charge in [-0.05, 0) is 39.1 Å². The van der Waals surface area contributed by atoms with Gasteiger partial charge in [0.1, 0.15) is 4.90 Å². The standard InChI is InChI=1S/C11H19N3O3S/c1-11(2,15)7-14-9-5-4-8(12)6-10(9)18(16,17)13-3/h4-6,13-15H,7,12H2,1-3H3. The maximum atomic E-state index is 11.8. The first-order valence-corrected chi connectivity index (χ1v) is 6.93. The molecular weight excluding hydrogens is 254 g/mol. The highest BCUT2D eigenvalue weighted by Gasteiger charge is 2.19. The van der Waals surface area contributed by atoms with Gasteiger partial charge >= 0.3 is 0 Å². The summed E-state index contributed by atoms with van der Waals surface area (Å²) in [5.74, 6) is 0. The molecule has 18 heavy (non-hydrogen) atoms. The van der Waals surface area contributed by atoms with E-state index in [0.29, 0.717) is 11.4 Å². The molecule has 0 unspecified atom stereocenters. The van der Waals surface area contributed by atoms with Gasteiger partial charge in [0.15, 0.2) is 0 Å². The summed E-state index contributed by atoms with van der Waals surface area (Å²) in [7, 11) is -2.26. The Kier molecular flexibility index (Phi) is 4.20. The van der Waals surface area contributed by atoms with E-state index in [1.54, 1.807) is 26.0 Å². The van der Waals surface area contributed by atoms with Gasteiger partial charge in [-0.3, -0.25) is 0 Å². The first-order chi connectivity index (χ1) is 8.15. The summed E-state index contributed by atoms with van der Waals surface area (Å²) < 4.78 is 25.9. The lowest BCUT2D eigenvalue weighted by Crippen LogP contribution is -2.30. The highest BCUT2D eigenvalue weighted by molar-refractivity contribution is 7.89. The van der Waals surface area contributed by atoms with Gasteiger partial charge in [0.25, 0.3) is 0 Å². The molecule has 1 aromatic rings. The Morgan fingerprint density at radius 2 is 2.00 bits per heavy atom. The smallest absolute Gasteiger partial charge is 0.242 e. The molecule has 0 bridgehead atoms. The number of benzene rings is 1. The second kappa shape index (κ2) is 5.13. The van der Waals surface area contributed by atoms with Crippen LogP contribution >= 0.6 is 0 Å². The van der Waals surface area contributed by atoms with Crippen molar-refractivity contribution in [1.29, 1.82) is 0 Å². The number of nitrogen functional groups attached to an aromatic ring is 1. The first kappa shape index (κ1) is 14.7. The van der Waals surface area contributed by atoms with Crippen LogP contribution in [0.3, 0.4) is 0 Å². The van der Waals surface area contributed by atoms with Gasteiger partial charge in [-0.1, -0.05) is 0 Å². The highest BCUT2D eigenvalue weighted by Crippen LogP contribution is 2.24. The Balaban J connectivity index is 3.13. The Hall–Kier alpha value is -1.31. The molecule has 0 radical (unpaired) electrons. The topological polar surface area (TPSA) is 104 Å². The van der Waals surface area contributed by atoms with Crippen LogP contribution in [0.25, 0.3) is 0 Å². The van der Waals surface area contributed by atoms with Gasteiger partial charge in [0, 0.05) is 12.2 Å². The zero-order valence-electron chi connectivity index (χ0n) is 10.7. The number of sulfonamides is 1. The molecule has 5 N–H and O–H groups in total. The number of hydrogen-bond acceptors (Lipinski definition) is 5. The summed E-state index contributed by atoms with van der Waals surface area (Å²) in [5, 5.41) is 12.5. The molecular formula is C11H19N3O3S. The molecule has 7 heteroatoms. The summed E-state index contributed by atoms with van der Waals surface area (Å²) in [6.45, 7) is 3.48. The molecule has 0 spiro atoms. The molecule has 0 aliphatic heterocycles. The van der Waals surface area contributed by atoms with Crippen molar-refractivity contribution < 1.29 is 13.5 Å². The molecule has 1 rings (SSSR count). The van der Waals surface area contributed by atoms with Gasteiger partial charge in [-0.25, -0.2) is 13.1 Å². The fourth-order valence-electron chi connectivity index (χ4n) is 1.33. The van der Waals surface area contributed by atoms with E-state index < -0.39 is 15.6 Å². The Bertz CT molecular complexity index is 521. The molecule has 6 nitrogen and oxygen atoms in total. The molecule has 0 saturated carbocycles. The Morgan fingerprint density at radius 1 is 1.39 bits per heavy atom. The minimum Gasteiger partial charge on any atom is -0.399 e. The lowest BCUT2D eigenvalue weighted by atomic mass is 10.1. The first-order valence-electron chi connectivity index (χ1n) is 5.45. The van der Waals surface area contributed by atoms with Crippen molar-refractivity contribution in [2.45, 2.75) is 24.3 Å². The predicted molar refractivity (Wildman–Crippen MR) is 71.9 cm³/mol. The molecule has 0 amide bonds. The van der Waals surface area contributed by atoms with Gasteiger partial charge in [0.2, 0.25) is 10.0 Å². The van der Waals surface area contributed by atoms with Crippen molar-refractivity contribution in [1.82, 2.24) is 4.72 Å². The summed E-state index contributed by atoms with van der Waals surface area (Å²) in [5.41, 5.74) is 5.41. The quantitative estimate of drug-likeness (QED) is 0.580. The fourth-order valence-corrected chi connectivity index (χ4v) is 2.27. The number of aliphatic hydroxyl groups is 1. The lowest BCUT2D eigenvalue weighted by molar-refractivity contribution is 0.0944. The lowest BCUT2D eigenvalue weighted by Gasteiger charge is -2.20. The van der Waals surface area contributed by atoms with Crippen LogP contribution in [0.2, 0.25) is 0 Å². The fraction of sp³-hybridized carbons (Fsp3) is 0.455. The molecule has 0 fully saturated rings. The number of rotatable bonds is 5. The predicted octanol–water partition coefficient (Wildman–Crippen LogP) is 0.360. The molecule has 102 valence electrons. The van der Waals surface area contributed by atoms with E-state index in [1.165, 1.54) is 13.1 Å². The van der Waals surface area contributed by atoms with Crippen molar-refractivity contribution in [3.8, 4) is 0 Å². The Labute approximate surface area is 107 Å². The maximum absolute atomic E-state index is 11.8. The minimum absolute atomic E-state index is 0.0641. The number of hydrogen-bond donors (Lipinski definition) is 4. The van der Waals surface area contributed by atoms with Crippen molar-refractivity contribution in [2.75, 3.05) is 24.6 Å². The van der Waals surface area contributed by atoms with E-state index in [0.717, 1.165) is 0 Å². The van der Waals surface area contributed by atoms with Crippen molar-refractivity contribution in [2.24, 2.45) is 0 Å². The normalized spacial score (nSPS) is 12.4. The van der Waals surface area contributed by atoms with E-state index in [2.05, 4.69) is 10.0 Å². The average Bonchev–Trinajstić information content (AvgIpc) is 2.26. The SMILES string of the molecule is CNS(=O)(=O)c1cc(N)ccc1NCC(C)(C)O. The second-order valence-electron chi connectivity index (χ2n) is 4.63. The van der Waals surface area contributed by atoms with E-state index in [-0.39, 0.29) is 11.4 Å². The van der Waals surface area contributed by atoms with Gasteiger partial charge < -0.3 is 16.2 Å². The van der Waals surface area contributed by atoms with E-state index in [4.69, 9.17) is 5.73 Å². The molecule has 0 aromatic heterocycles. The Morgan fingerprint density at radius 3 is 2.50 bits per heavy atom. The maximum Gasteiger partial charge on any atom is 0.242 e. The summed E-state index contributed by atoms with van der Waals surface area (Å²) in [6, 6.07) is 4.55. The summed E-state index contributed by atoms with van der Waals surface area (Å²) in [6.07, 6.45) is 0. The molecule has 0 atom stereocenters. The van der Waals surface area contributed by atoms with E-state index in [1.807, 2.05) is 0 Å². The van der Waals surface area contributed by atoms with E-state index >= 15 is 0 Å². The summed E-state index contributed by atoms with van der Waals surface area (Å²) in [4.78, 5) is 0.0641. The van der Waals surface area contributed by atoms with E-state index in [9.17, 15) is 13.5 Å². The number of nitrogens with one attached hydrogen (secondary N) is 2. The highest BCUT2D eigenvalue weighted by atomic mass is 32.2. The number of nitrogens with two attached hydrogens (primary N) is 1. The molecule has 0 heterocycles. The van der Waals surface area contributed by atoms with Crippen molar-refractivity contribution >= 4 is 21.4 Å². The van der Waals surface area contributed by atoms with Gasteiger partial charge in [0.05, 0.1) is 11.3 Å². The van der Waals surface area contributed by atoms with Crippen LogP contribution in [-0.4, -0.2) is 32.7 Å². The van der Waals surface area contributed by atoms with Crippen LogP contribution in [0.5, 0.6) is 0 Å². The average molecular weight is 273 g/mol. The molecule has 0 saturated heterocycles. The van der Waals surface area contributed by atoms with Gasteiger partial charge in [-0.2, -0.15) is 0 Å². The molecule has 0 aliphatic rings. The number of anilines is 2. The van der Waals surface area contributed by atoms with Crippen LogP contribution in [0.1, 0.15) is 13.8 Å². The van der Waals surface area contributed by atoms with Crippen LogP contribution in [0.4, 0.5) is 11.4 Å². The zero-order valence-corrected chi connectivity index (χ0v) is 11.5. The van der Waals surface area contributed by atoms with Crippen LogP contribution < -0.4 is 15.8 Å². The monoisotopic (exact) mass is 273 g/mol.